The van der Waals surface area contributed by atoms with Gasteiger partial charge in [0.2, 0.25) is 0 Å². The van der Waals surface area contributed by atoms with Crippen molar-refractivity contribution >= 4 is 23.5 Å². The van der Waals surface area contributed by atoms with Crippen LogP contribution >= 0.6 is 11.6 Å². The number of carbonyl (C=O) groups is 2. The van der Waals surface area contributed by atoms with Crippen LogP contribution in [0.5, 0.6) is 0 Å². The zero-order valence-corrected chi connectivity index (χ0v) is 12.9. The average Bonchev–Trinajstić information content (AvgIpc) is 2.82. The van der Waals surface area contributed by atoms with E-state index in [1.54, 1.807) is 30.3 Å². The van der Waals surface area contributed by atoms with Gasteiger partial charge in [-0.2, -0.15) is 0 Å². The number of nitrogens with zero attached hydrogens (tertiary/aromatic N) is 3. The number of esters is 2. The van der Waals surface area contributed by atoms with Crippen molar-refractivity contribution in [3.63, 3.8) is 0 Å². The van der Waals surface area contributed by atoms with Crippen LogP contribution in [0.2, 0.25) is 0 Å². The van der Waals surface area contributed by atoms with Crippen molar-refractivity contribution in [2.45, 2.75) is 30.7 Å². The van der Waals surface area contributed by atoms with Crippen LogP contribution in [-0.2, 0) is 19.0 Å². The summed E-state index contributed by atoms with van der Waals surface area (Å²) in [6, 6.07) is 7.50. The zero-order valence-electron chi connectivity index (χ0n) is 12.2. The SMILES string of the molecule is CC(=O)O[C@H]1[C@H](N=[N+]=[N-])C(Cl)O[C@@H]1COC(=O)c1ccccc1. The second-order valence-electron chi connectivity index (χ2n) is 4.76. The van der Waals surface area contributed by atoms with Gasteiger partial charge in [0.15, 0.2) is 0 Å². The fraction of sp³-hybridized carbons (Fsp3) is 0.429. The summed E-state index contributed by atoms with van der Waals surface area (Å²) >= 11 is 5.94. The molecule has 0 spiro atoms. The monoisotopic (exact) mass is 339 g/mol. The summed E-state index contributed by atoms with van der Waals surface area (Å²) in [6.07, 6.45) is -1.74. The van der Waals surface area contributed by atoms with E-state index < -0.39 is 35.8 Å². The van der Waals surface area contributed by atoms with Crippen LogP contribution in [0.15, 0.2) is 35.4 Å². The molecule has 1 heterocycles. The lowest BCUT2D eigenvalue weighted by Crippen LogP contribution is -2.37. The Labute approximate surface area is 136 Å². The molecule has 1 unspecified atom stereocenters. The summed E-state index contributed by atoms with van der Waals surface area (Å²) < 4.78 is 15.6. The van der Waals surface area contributed by atoms with E-state index in [2.05, 4.69) is 10.0 Å². The third-order valence-electron chi connectivity index (χ3n) is 3.15. The van der Waals surface area contributed by atoms with Gasteiger partial charge in [0.1, 0.15) is 30.4 Å². The van der Waals surface area contributed by atoms with Gasteiger partial charge in [0.05, 0.1) is 5.56 Å². The minimum atomic E-state index is -0.976. The molecule has 0 aromatic heterocycles. The number of rotatable bonds is 5. The van der Waals surface area contributed by atoms with Crippen molar-refractivity contribution in [2.24, 2.45) is 5.11 Å². The van der Waals surface area contributed by atoms with Crippen molar-refractivity contribution in [1.29, 1.82) is 0 Å². The molecule has 0 N–H and O–H groups in total. The minimum absolute atomic E-state index is 0.188. The van der Waals surface area contributed by atoms with E-state index in [4.69, 9.17) is 31.3 Å². The standard InChI is InChI=1S/C14H14ClN3O5/c1-8(19)22-12-10(23-13(15)11(12)17-18-16)7-21-14(20)9-5-3-2-4-6-9/h2-6,10-13H,7H2,1H3/t10-,11+,12-,13?/m1/s1. The van der Waals surface area contributed by atoms with Crippen molar-refractivity contribution in [3.8, 4) is 0 Å². The molecule has 4 atom stereocenters. The molecule has 23 heavy (non-hydrogen) atoms. The van der Waals surface area contributed by atoms with Gasteiger partial charge in [0, 0.05) is 11.8 Å². The normalized spacial score (nSPS) is 26.2. The lowest BCUT2D eigenvalue weighted by Gasteiger charge is -2.20. The Morgan fingerprint density at radius 3 is 2.70 bits per heavy atom. The molecule has 8 nitrogen and oxygen atoms in total. The van der Waals surface area contributed by atoms with E-state index in [1.165, 1.54) is 6.92 Å². The lowest BCUT2D eigenvalue weighted by molar-refractivity contribution is -0.150. The maximum atomic E-state index is 11.9. The second kappa shape index (κ2) is 7.82. The Balaban J connectivity index is 2.03. The highest BCUT2D eigenvalue weighted by Gasteiger charge is 2.46. The highest BCUT2D eigenvalue weighted by molar-refractivity contribution is 6.20. The molecule has 0 bridgehead atoms. The van der Waals surface area contributed by atoms with Gasteiger partial charge in [-0.1, -0.05) is 34.9 Å². The number of benzene rings is 1. The van der Waals surface area contributed by atoms with Crippen molar-refractivity contribution in [2.75, 3.05) is 6.61 Å². The topological polar surface area (TPSA) is 111 Å². The third-order valence-corrected chi connectivity index (χ3v) is 3.51. The maximum absolute atomic E-state index is 11.9. The fourth-order valence-electron chi connectivity index (χ4n) is 2.16. The van der Waals surface area contributed by atoms with E-state index in [9.17, 15) is 9.59 Å². The van der Waals surface area contributed by atoms with E-state index in [0.717, 1.165) is 0 Å². The molecular formula is C14H14ClN3O5. The number of halogens is 1. The Morgan fingerprint density at radius 1 is 1.39 bits per heavy atom. The predicted molar refractivity (Wildman–Crippen MR) is 79.7 cm³/mol. The van der Waals surface area contributed by atoms with Gasteiger partial charge >= 0.3 is 11.9 Å². The largest absolute Gasteiger partial charge is 0.459 e. The second-order valence-corrected chi connectivity index (χ2v) is 5.19. The Hall–Kier alpha value is -2.28. The molecule has 1 aromatic rings. The van der Waals surface area contributed by atoms with E-state index in [1.807, 2.05) is 0 Å². The first-order valence-corrected chi connectivity index (χ1v) is 7.19. The quantitative estimate of drug-likeness (QED) is 0.269. The Kier molecular flexibility index (Phi) is 5.81. The number of ether oxygens (including phenoxy) is 3. The van der Waals surface area contributed by atoms with Gasteiger partial charge in [-0.25, -0.2) is 4.79 Å². The maximum Gasteiger partial charge on any atom is 0.338 e. The van der Waals surface area contributed by atoms with Gasteiger partial charge in [-0.05, 0) is 17.7 Å². The fourth-order valence-corrected chi connectivity index (χ4v) is 2.48. The average molecular weight is 340 g/mol. The summed E-state index contributed by atoms with van der Waals surface area (Å²) in [5, 5.41) is 3.48. The number of azide groups is 1. The van der Waals surface area contributed by atoms with E-state index >= 15 is 0 Å². The predicted octanol–water partition coefficient (Wildman–Crippen LogP) is 2.42. The molecule has 1 aliphatic rings. The highest BCUT2D eigenvalue weighted by Crippen LogP contribution is 2.29. The molecule has 122 valence electrons. The van der Waals surface area contributed by atoms with Crippen LogP contribution < -0.4 is 0 Å². The lowest BCUT2D eigenvalue weighted by atomic mass is 10.1. The highest BCUT2D eigenvalue weighted by atomic mass is 35.5. The van der Waals surface area contributed by atoms with E-state index in [-0.39, 0.29) is 6.61 Å². The minimum Gasteiger partial charge on any atom is -0.459 e. The molecule has 0 radical (unpaired) electrons. The molecule has 9 heteroatoms. The Morgan fingerprint density at radius 2 is 2.09 bits per heavy atom. The molecule has 1 aromatic carbocycles. The first kappa shape index (κ1) is 17.1. The van der Waals surface area contributed by atoms with Crippen molar-refractivity contribution < 1.29 is 23.8 Å². The summed E-state index contributed by atoms with van der Waals surface area (Å²) in [5.41, 5.74) is 7.97. The first-order chi connectivity index (χ1) is 11.0. The van der Waals surface area contributed by atoms with Crippen LogP contribution in [0, 0.1) is 0 Å². The summed E-state index contributed by atoms with van der Waals surface area (Å²) in [7, 11) is 0. The summed E-state index contributed by atoms with van der Waals surface area (Å²) in [5.74, 6) is -1.13. The molecule has 0 amide bonds. The number of hydrogen-bond acceptors (Lipinski definition) is 6. The van der Waals surface area contributed by atoms with Crippen molar-refractivity contribution in [3.05, 3.63) is 46.3 Å². The number of alkyl halides is 1. The van der Waals surface area contributed by atoms with Crippen LogP contribution in [0.25, 0.3) is 10.4 Å². The molecule has 1 aliphatic heterocycles. The number of carbonyl (C=O) groups excluding carboxylic acids is 2. The van der Waals surface area contributed by atoms with Gasteiger partial charge in [0.25, 0.3) is 0 Å². The molecule has 1 fully saturated rings. The number of hydrogen-bond donors (Lipinski definition) is 0. The van der Waals surface area contributed by atoms with E-state index in [0.29, 0.717) is 5.56 Å². The molecule has 1 saturated heterocycles. The van der Waals surface area contributed by atoms with Gasteiger partial charge in [-0.3, -0.25) is 4.79 Å². The zero-order chi connectivity index (χ0) is 16.8. The van der Waals surface area contributed by atoms with Gasteiger partial charge < -0.3 is 14.2 Å². The summed E-state index contributed by atoms with van der Waals surface area (Å²) in [4.78, 5) is 25.8. The van der Waals surface area contributed by atoms with Gasteiger partial charge in [-0.15, -0.1) is 0 Å². The molecular weight excluding hydrogens is 326 g/mol. The van der Waals surface area contributed by atoms with Crippen molar-refractivity contribution in [1.82, 2.24) is 0 Å². The molecule has 0 aliphatic carbocycles. The van der Waals surface area contributed by atoms with Crippen LogP contribution in [0.4, 0.5) is 0 Å². The van der Waals surface area contributed by atoms with Crippen LogP contribution in [0.3, 0.4) is 0 Å². The summed E-state index contributed by atoms with van der Waals surface area (Å²) in [6.45, 7) is 1.02. The van der Waals surface area contributed by atoms with Crippen LogP contribution in [-0.4, -0.2) is 42.4 Å². The smallest absolute Gasteiger partial charge is 0.338 e. The molecule has 2 rings (SSSR count). The Bertz CT molecular complexity index is 620. The molecule has 0 saturated carbocycles. The van der Waals surface area contributed by atoms with Crippen LogP contribution in [0.1, 0.15) is 17.3 Å². The first-order valence-electron chi connectivity index (χ1n) is 6.76. The third kappa shape index (κ3) is 4.35.